The van der Waals surface area contributed by atoms with E-state index in [0.717, 1.165) is 10.5 Å². The lowest BCUT2D eigenvalue weighted by Gasteiger charge is -2.33. The highest BCUT2D eigenvalue weighted by Gasteiger charge is 2.41. The van der Waals surface area contributed by atoms with Gasteiger partial charge in [0.05, 0.1) is 5.75 Å². The van der Waals surface area contributed by atoms with Crippen LogP contribution in [0.3, 0.4) is 0 Å². The Morgan fingerprint density at radius 3 is 2.59 bits per heavy atom. The maximum atomic E-state index is 12.1. The second-order valence-corrected chi connectivity index (χ2v) is 6.62. The lowest BCUT2D eigenvalue weighted by Crippen LogP contribution is -2.57. The standard InChI is InChI=1S/C16H21NO4S/c1-11-3-4-13(12(2)9-11)22-10-14(18)17-16(15(19)20)5-7-21-8-6-16/h3-4,9H,5-8,10H2,1-2H3,(H,17,18)(H,19,20). The first kappa shape index (κ1) is 16.8. The van der Waals surface area contributed by atoms with Gasteiger partial charge in [0.2, 0.25) is 5.91 Å². The second kappa shape index (κ2) is 7.15. The van der Waals surface area contributed by atoms with Crippen LogP contribution < -0.4 is 5.32 Å². The summed E-state index contributed by atoms with van der Waals surface area (Å²) < 4.78 is 5.19. The van der Waals surface area contributed by atoms with Crippen LogP contribution in [-0.2, 0) is 14.3 Å². The van der Waals surface area contributed by atoms with Crippen molar-refractivity contribution in [2.75, 3.05) is 19.0 Å². The van der Waals surface area contributed by atoms with Gasteiger partial charge in [-0.25, -0.2) is 4.79 Å². The zero-order chi connectivity index (χ0) is 16.2. The van der Waals surface area contributed by atoms with E-state index in [9.17, 15) is 14.7 Å². The number of hydrogen-bond acceptors (Lipinski definition) is 4. The molecule has 0 spiro atoms. The van der Waals surface area contributed by atoms with Crippen LogP contribution in [0.2, 0.25) is 0 Å². The first-order valence-electron chi connectivity index (χ1n) is 7.25. The van der Waals surface area contributed by atoms with Gasteiger partial charge in [0.15, 0.2) is 0 Å². The summed E-state index contributed by atoms with van der Waals surface area (Å²) in [4.78, 5) is 24.7. The molecule has 1 aromatic carbocycles. The van der Waals surface area contributed by atoms with E-state index in [4.69, 9.17) is 4.74 Å². The number of thioether (sulfide) groups is 1. The Kier molecular flexibility index (Phi) is 5.47. The molecule has 1 saturated heterocycles. The summed E-state index contributed by atoms with van der Waals surface area (Å²) in [7, 11) is 0. The minimum Gasteiger partial charge on any atom is -0.480 e. The molecule has 2 rings (SSSR count). The van der Waals surface area contributed by atoms with Crippen molar-refractivity contribution in [2.45, 2.75) is 37.1 Å². The molecule has 0 saturated carbocycles. The minimum atomic E-state index is -1.18. The second-order valence-electron chi connectivity index (χ2n) is 5.61. The molecule has 1 aliphatic heterocycles. The number of rotatable bonds is 5. The normalized spacial score (nSPS) is 17.0. The lowest BCUT2D eigenvalue weighted by atomic mass is 9.90. The molecule has 0 bridgehead atoms. The average molecular weight is 323 g/mol. The number of aliphatic carboxylic acids is 1. The Labute approximate surface area is 134 Å². The molecule has 1 heterocycles. The quantitative estimate of drug-likeness (QED) is 0.812. The van der Waals surface area contributed by atoms with Gasteiger partial charge in [-0.1, -0.05) is 17.7 Å². The predicted octanol–water partition coefficient (Wildman–Crippen LogP) is 2.15. The van der Waals surface area contributed by atoms with Gasteiger partial charge in [0.25, 0.3) is 0 Å². The third-order valence-electron chi connectivity index (χ3n) is 3.82. The molecule has 0 unspecified atom stereocenters. The fraction of sp³-hybridized carbons (Fsp3) is 0.500. The summed E-state index contributed by atoms with van der Waals surface area (Å²) in [6.45, 7) is 4.74. The van der Waals surface area contributed by atoms with E-state index in [1.165, 1.54) is 17.3 Å². The highest BCUT2D eigenvalue weighted by Crippen LogP contribution is 2.25. The van der Waals surface area contributed by atoms with Gasteiger partial charge in [-0.2, -0.15) is 0 Å². The highest BCUT2D eigenvalue weighted by atomic mass is 32.2. The summed E-state index contributed by atoms with van der Waals surface area (Å²) in [6.07, 6.45) is 0.616. The number of carbonyl (C=O) groups excluding carboxylic acids is 1. The molecule has 120 valence electrons. The summed E-state index contributed by atoms with van der Waals surface area (Å²) in [5.74, 6) is -1.03. The largest absolute Gasteiger partial charge is 0.480 e. The number of hydrogen-bond donors (Lipinski definition) is 2. The minimum absolute atomic E-state index is 0.208. The Morgan fingerprint density at radius 2 is 2.00 bits per heavy atom. The van der Waals surface area contributed by atoms with Crippen molar-refractivity contribution in [3.63, 3.8) is 0 Å². The summed E-state index contributed by atoms with van der Waals surface area (Å²) in [5.41, 5.74) is 1.12. The number of aryl methyl sites for hydroxylation is 2. The molecule has 1 amide bonds. The smallest absolute Gasteiger partial charge is 0.329 e. The van der Waals surface area contributed by atoms with Crippen LogP contribution in [0.4, 0.5) is 0 Å². The Hall–Kier alpha value is -1.53. The number of nitrogens with one attached hydrogen (secondary N) is 1. The maximum Gasteiger partial charge on any atom is 0.329 e. The van der Waals surface area contributed by atoms with E-state index in [0.29, 0.717) is 26.1 Å². The molecular weight excluding hydrogens is 302 g/mol. The fourth-order valence-electron chi connectivity index (χ4n) is 2.52. The van der Waals surface area contributed by atoms with Crippen molar-refractivity contribution in [1.82, 2.24) is 5.32 Å². The molecule has 5 nitrogen and oxygen atoms in total. The van der Waals surface area contributed by atoms with Crippen LogP contribution in [0, 0.1) is 13.8 Å². The van der Waals surface area contributed by atoms with E-state index in [1.54, 1.807) is 0 Å². The first-order valence-corrected chi connectivity index (χ1v) is 8.24. The van der Waals surface area contributed by atoms with Gasteiger partial charge in [-0.3, -0.25) is 4.79 Å². The van der Waals surface area contributed by atoms with Crippen LogP contribution in [0.1, 0.15) is 24.0 Å². The molecule has 0 aliphatic carbocycles. The van der Waals surface area contributed by atoms with Gasteiger partial charge < -0.3 is 15.2 Å². The van der Waals surface area contributed by atoms with Gasteiger partial charge in [-0.15, -0.1) is 11.8 Å². The number of amides is 1. The number of carbonyl (C=O) groups is 2. The van der Waals surface area contributed by atoms with Gasteiger partial charge in [0.1, 0.15) is 5.54 Å². The van der Waals surface area contributed by atoms with Crippen molar-refractivity contribution in [2.24, 2.45) is 0 Å². The molecular formula is C16H21NO4S. The first-order chi connectivity index (χ1) is 10.4. The summed E-state index contributed by atoms with van der Waals surface area (Å²) in [5, 5.41) is 12.1. The number of ether oxygens (including phenoxy) is 1. The monoisotopic (exact) mass is 323 g/mol. The third kappa shape index (κ3) is 4.01. The molecule has 1 aromatic rings. The van der Waals surface area contributed by atoms with Crippen molar-refractivity contribution < 1.29 is 19.4 Å². The molecule has 22 heavy (non-hydrogen) atoms. The highest BCUT2D eigenvalue weighted by molar-refractivity contribution is 8.00. The maximum absolute atomic E-state index is 12.1. The average Bonchev–Trinajstić information content (AvgIpc) is 2.47. The van der Waals surface area contributed by atoms with Gasteiger partial charge >= 0.3 is 5.97 Å². The zero-order valence-corrected chi connectivity index (χ0v) is 13.7. The van der Waals surface area contributed by atoms with Crippen molar-refractivity contribution in [3.8, 4) is 0 Å². The van der Waals surface area contributed by atoms with Crippen molar-refractivity contribution in [3.05, 3.63) is 29.3 Å². The van der Waals surface area contributed by atoms with Gasteiger partial charge in [0, 0.05) is 31.0 Å². The summed E-state index contributed by atoms with van der Waals surface area (Å²) >= 11 is 1.43. The van der Waals surface area contributed by atoms with Crippen LogP contribution >= 0.6 is 11.8 Å². The Morgan fingerprint density at radius 1 is 1.32 bits per heavy atom. The molecule has 1 fully saturated rings. The molecule has 2 N–H and O–H groups in total. The van der Waals surface area contributed by atoms with E-state index >= 15 is 0 Å². The molecule has 0 aromatic heterocycles. The van der Waals surface area contributed by atoms with Crippen molar-refractivity contribution in [1.29, 1.82) is 0 Å². The van der Waals surface area contributed by atoms with Crippen LogP contribution in [-0.4, -0.2) is 41.5 Å². The van der Waals surface area contributed by atoms with E-state index < -0.39 is 11.5 Å². The van der Waals surface area contributed by atoms with E-state index in [-0.39, 0.29) is 11.7 Å². The number of benzene rings is 1. The van der Waals surface area contributed by atoms with Crippen LogP contribution in [0.15, 0.2) is 23.1 Å². The molecule has 1 aliphatic rings. The topological polar surface area (TPSA) is 75.6 Å². The molecule has 0 radical (unpaired) electrons. The fourth-order valence-corrected chi connectivity index (χ4v) is 3.33. The van der Waals surface area contributed by atoms with Crippen LogP contribution in [0.5, 0.6) is 0 Å². The van der Waals surface area contributed by atoms with E-state index in [1.807, 2.05) is 26.0 Å². The molecule has 0 atom stereocenters. The predicted molar refractivity (Wildman–Crippen MR) is 85.2 cm³/mol. The van der Waals surface area contributed by atoms with Crippen LogP contribution in [0.25, 0.3) is 0 Å². The van der Waals surface area contributed by atoms with Crippen molar-refractivity contribution >= 4 is 23.6 Å². The molecule has 6 heteroatoms. The Bertz CT molecular complexity index is 567. The van der Waals surface area contributed by atoms with Gasteiger partial charge in [-0.05, 0) is 25.5 Å². The Balaban J connectivity index is 1.95. The SMILES string of the molecule is Cc1ccc(SCC(=O)NC2(C(=O)O)CCOCC2)c(C)c1. The number of carboxylic acids is 1. The third-order valence-corrected chi connectivity index (χ3v) is 5.00. The van der Waals surface area contributed by atoms with E-state index in [2.05, 4.69) is 11.4 Å². The zero-order valence-electron chi connectivity index (χ0n) is 12.8. The number of carboxylic acid groups (broad SMARTS) is 1. The summed E-state index contributed by atoms with van der Waals surface area (Å²) in [6, 6.07) is 6.06. The lowest BCUT2D eigenvalue weighted by molar-refractivity contribution is -0.151.